The van der Waals surface area contributed by atoms with Crippen LogP contribution in [0.15, 0.2) is 24.5 Å². The van der Waals surface area contributed by atoms with E-state index in [1.807, 2.05) is 31.5 Å². The molecule has 0 aromatic carbocycles. The number of hydrogen-bond donors (Lipinski definition) is 1. The van der Waals surface area contributed by atoms with E-state index in [2.05, 4.69) is 38.4 Å². The highest BCUT2D eigenvalue weighted by Gasteiger charge is 2.17. The van der Waals surface area contributed by atoms with Crippen molar-refractivity contribution in [2.45, 2.75) is 26.3 Å². The molecule has 0 saturated carbocycles. The van der Waals surface area contributed by atoms with Crippen molar-refractivity contribution >= 4 is 42.1 Å². The zero-order chi connectivity index (χ0) is 18.4. The second kappa shape index (κ2) is 9.44. The van der Waals surface area contributed by atoms with Crippen LogP contribution < -0.4 is 5.32 Å². The van der Waals surface area contributed by atoms with Crippen molar-refractivity contribution in [2.24, 2.45) is 0 Å². The molecule has 0 saturated heterocycles. The van der Waals surface area contributed by atoms with Gasteiger partial charge >= 0.3 is 5.97 Å². The van der Waals surface area contributed by atoms with Crippen molar-refractivity contribution in [1.29, 1.82) is 0 Å². The molecule has 2 rings (SSSR count). The number of aromatic nitrogens is 2. The van der Waals surface area contributed by atoms with Crippen molar-refractivity contribution in [1.82, 2.24) is 8.96 Å². The second-order valence-electron chi connectivity index (χ2n) is 5.71. The maximum Gasteiger partial charge on any atom is 0.355 e. The summed E-state index contributed by atoms with van der Waals surface area (Å²) in [6.07, 6.45) is 4.67. The molecule has 1 atom stereocenters. The van der Waals surface area contributed by atoms with Crippen LogP contribution in [0, 0.1) is 6.92 Å². The third kappa shape index (κ3) is 5.11. The highest BCUT2D eigenvalue weighted by atomic mass is 127. The van der Waals surface area contributed by atoms with Crippen molar-refractivity contribution in [3.8, 4) is 11.1 Å². The molecule has 0 aliphatic heterocycles. The number of nitrogens with one attached hydrogen (secondary N) is 1. The first-order chi connectivity index (χ1) is 12.0. The molecule has 0 fully saturated rings. The van der Waals surface area contributed by atoms with Crippen LogP contribution in [-0.2, 0) is 9.47 Å². The van der Waals surface area contributed by atoms with Crippen LogP contribution in [0.1, 0.15) is 29.4 Å². The zero-order valence-corrected chi connectivity index (χ0v) is 17.7. The van der Waals surface area contributed by atoms with Gasteiger partial charge in [0.1, 0.15) is 11.5 Å². The van der Waals surface area contributed by atoms with Gasteiger partial charge in [0, 0.05) is 68.0 Å². The molecule has 2 aromatic rings. The molecule has 25 heavy (non-hydrogen) atoms. The summed E-state index contributed by atoms with van der Waals surface area (Å²) in [7, 11) is 4.51. The van der Waals surface area contributed by atoms with Gasteiger partial charge in [-0.25, -0.2) is 9.78 Å². The summed E-state index contributed by atoms with van der Waals surface area (Å²) >= 11 is 2.14. The van der Waals surface area contributed by atoms with Crippen molar-refractivity contribution in [3.63, 3.8) is 0 Å². The minimum absolute atomic E-state index is 0.253. The van der Waals surface area contributed by atoms with Crippen LogP contribution in [0.25, 0.3) is 11.1 Å². The first kappa shape index (κ1) is 20.1. The van der Waals surface area contributed by atoms with E-state index in [0.29, 0.717) is 12.3 Å². The highest BCUT2D eigenvalue weighted by Crippen LogP contribution is 2.31. The van der Waals surface area contributed by atoms with Gasteiger partial charge in [0.25, 0.3) is 0 Å². The average molecular weight is 475 g/mol. The fourth-order valence-electron chi connectivity index (χ4n) is 2.43. The molecule has 1 N–H and O–H groups in total. The molecule has 1 unspecified atom stereocenters. The van der Waals surface area contributed by atoms with E-state index in [1.165, 1.54) is 16.2 Å². The number of esters is 1. The van der Waals surface area contributed by atoms with Crippen LogP contribution in [0.5, 0.6) is 0 Å². The Labute approximate surface area is 164 Å². The number of carbonyl (C=O) groups excluding carboxylic acids is 1. The molecule has 0 radical (unpaired) electrons. The molecule has 0 aliphatic carbocycles. The lowest BCUT2D eigenvalue weighted by Crippen LogP contribution is -2.18. The topological polar surface area (TPSA) is 65.4 Å². The van der Waals surface area contributed by atoms with E-state index in [-0.39, 0.29) is 12.0 Å². The Morgan fingerprint density at radius 1 is 1.44 bits per heavy atom. The molecule has 0 amide bonds. The predicted octanol–water partition coefficient (Wildman–Crippen LogP) is 4.33. The van der Waals surface area contributed by atoms with Crippen molar-refractivity contribution < 1.29 is 14.3 Å². The van der Waals surface area contributed by atoms with E-state index in [1.54, 1.807) is 11.1 Å². The molecule has 0 spiro atoms. The summed E-state index contributed by atoms with van der Waals surface area (Å²) < 4.78 is 11.8. The lowest BCUT2D eigenvalue weighted by atomic mass is 10.0. The normalized spacial score (nSPS) is 12.0. The maximum atomic E-state index is 11.9. The Morgan fingerprint density at radius 3 is 2.84 bits per heavy atom. The quantitative estimate of drug-likeness (QED) is 0.453. The summed E-state index contributed by atoms with van der Waals surface area (Å²) in [5.41, 5.74) is 3.54. The summed E-state index contributed by atoms with van der Waals surface area (Å²) in [4.78, 5) is 16.4. The molecule has 2 aromatic heterocycles. The first-order valence-electron chi connectivity index (χ1n) is 7.82. The van der Waals surface area contributed by atoms with Gasteiger partial charge in [0.2, 0.25) is 0 Å². The number of aryl methyl sites for hydroxylation is 1. The molecule has 8 heteroatoms. The zero-order valence-electron chi connectivity index (χ0n) is 14.7. The third-order valence-corrected chi connectivity index (χ3v) is 5.54. The van der Waals surface area contributed by atoms with E-state index in [0.717, 1.165) is 28.9 Å². The van der Waals surface area contributed by atoms with Gasteiger partial charge in [0.05, 0.1) is 7.11 Å². The number of rotatable bonds is 8. The van der Waals surface area contributed by atoms with E-state index < -0.39 is 0 Å². The second-order valence-corrected chi connectivity index (χ2v) is 7.42. The first-order valence-corrected chi connectivity index (χ1v) is 11.1. The number of methoxy groups -OCH3 is 2. The number of hydrogen-bond acceptors (Lipinski definition) is 6. The summed E-state index contributed by atoms with van der Waals surface area (Å²) in [6.45, 7) is 4.80. The summed E-state index contributed by atoms with van der Waals surface area (Å²) in [5, 5.41) is 3.39. The standard InChI is InChI=1S/C17H22IN3O3S/c1-11-9-19-16(20-12(2)5-6-23-3)8-14(11)13-7-15(17(22)24-4)21(10-13)25-18/h7-10,12H,5-6H2,1-4H3,(H,19,20). The number of anilines is 1. The van der Waals surface area contributed by atoms with Crippen molar-refractivity contribution in [3.05, 3.63) is 35.8 Å². The molecule has 0 aliphatic rings. The van der Waals surface area contributed by atoms with Crippen LogP contribution in [0.2, 0.25) is 0 Å². The molecule has 6 nitrogen and oxygen atoms in total. The van der Waals surface area contributed by atoms with Gasteiger partial charge in [-0.05, 0) is 43.5 Å². The molecule has 0 bridgehead atoms. The van der Waals surface area contributed by atoms with Crippen LogP contribution in [0.3, 0.4) is 0 Å². The molecular formula is C17H22IN3O3S. The minimum atomic E-state index is -0.353. The minimum Gasteiger partial charge on any atom is -0.464 e. The fraction of sp³-hybridized carbons (Fsp3) is 0.412. The lowest BCUT2D eigenvalue weighted by Gasteiger charge is -2.15. The van der Waals surface area contributed by atoms with E-state index in [9.17, 15) is 4.79 Å². The summed E-state index contributed by atoms with van der Waals surface area (Å²) in [5.74, 6) is 0.451. The fourth-order valence-corrected chi connectivity index (χ4v) is 3.77. The third-order valence-electron chi connectivity index (χ3n) is 3.82. The van der Waals surface area contributed by atoms with E-state index in [4.69, 9.17) is 9.47 Å². The number of halogens is 1. The van der Waals surface area contributed by atoms with E-state index >= 15 is 0 Å². The predicted molar refractivity (Wildman–Crippen MR) is 110 cm³/mol. The van der Waals surface area contributed by atoms with Gasteiger partial charge in [-0.2, -0.15) is 0 Å². The SMILES string of the molecule is COCCC(C)Nc1cc(-c2cc(C(=O)OC)n(SI)c2)c(C)cn1. The van der Waals surface area contributed by atoms with Gasteiger partial charge in [-0.3, -0.25) is 3.97 Å². The van der Waals surface area contributed by atoms with Crippen LogP contribution in [0.4, 0.5) is 5.82 Å². The smallest absolute Gasteiger partial charge is 0.355 e. The Kier molecular flexibility index (Phi) is 7.57. The number of pyridine rings is 1. The van der Waals surface area contributed by atoms with Crippen molar-refractivity contribution in [2.75, 3.05) is 26.1 Å². The Hall–Kier alpha value is -1.26. The number of ether oxygens (including phenoxy) is 2. The average Bonchev–Trinajstić information content (AvgIpc) is 3.05. The van der Waals surface area contributed by atoms with Gasteiger partial charge in [0.15, 0.2) is 0 Å². The van der Waals surface area contributed by atoms with Crippen LogP contribution >= 0.6 is 30.3 Å². The molecule has 136 valence electrons. The molecule has 2 heterocycles. The Balaban J connectivity index is 2.31. The highest BCUT2D eigenvalue weighted by molar-refractivity contribution is 14.2. The molecular weight excluding hydrogens is 453 g/mol. The van der Waals surface area contributed by atoms with Gasteiger partial charge < -0.3 is 14.8 Å². The van der Waals surface area contributed by atoms with Gasteiger partial charge in [-0.15, -0.1) is 0 Å². The number of carbonyl (C=O) groups is 1. The Morgan fingerprint density at radius 2 is 2.20 bits per heavy atom. The summed E-state index contributed by atoms with van der Waals surface area (Å²) in [6, 6.07) is 4.11. The largest absolute Gasteiger partial charge is 0.464 e. The number of nitrogens with zero attached hydrogens (tertiary/aromatic N) is 2. The maximum absolute atomic E-state index is 11.9. The monoisotopic (exact) mass is 475 g/mol. The lowest BCUT2D eigenvalue weighted by molar-refractivity contribution is 0.0593. The Bertz CT molecular complexity index is 736. The van der Waals surface area contributed by atoms with Crippen LogP contribution in [-0.4, -0.2) is 41.8 Å². The van der Waals surface area contributed by atoms with Gasteiger partial charge in [-0.1, -0.05) is 0 Å².